The van der Waals surface area contributed by atoms with E-state index in [9.17, 15) is 9.59 Å². The fourth-order valence-electron chi connectivity index (χ4n) is 4.88. The largest absolute Gasteiger partial charge is 0.466 e. The second-order valence-corrected chi connectivity index (χ2v) is 9.55. The van der Waals surface area contributed by atoms with Crippen LogP contribution >= 0.6 is 11.6 Å². The minimum absolute atomic E-state index is 0.0562. The first-order valence-corrected chi connectivity index (χ1v) is 12.4. The Balaban J connectivity index is 1.53. The van der Waals surface area contributed by atoms with E-state index in [1.165, 1.54) is 5.56 Å². The Hall–Kier alpha value is -2.70. The second kappa shape index (κ2) is 10.7. The molecule has 4 rings (SSSR count). The van der Waals surface area contributed by atoms with Gasteiger partial charge in [0.15, 0.2) is 0 Å². The number of ether oxygens (including phenoxy) is 1. The van der Waals surface area contributed by atoms with Crippen molar-refractivity contribution in [3.05, 3.63) is 69.7 Å². The molecule has 180 valence electrons. The Morgan fingerprint density at radius 3 is 2.53 bits per heavy atom. The Kier molecular flexibility index (Phi) is 7.69. The van der Waals surface area contributed by atoms with E-state index < -0.39 is 0 Å². The van der Waals surface area contributed by atoms with Gasteiger partial charge in [0.05, 0.1) is 30.8 Å². The van der Waals surface area contributed by atoms with Crippen LogP contribution in [0.1, 0.15) is 54.5 Å². The van der Waals surface area contributed by atoms with Crippen molar-refractivity contribution in [1.29, 1.82) is 0 Å². The van der Waals surface area contributed by atoms with Crippen LogP contribution in [0.2, 0.25) is 5.02 Å². The van der Waals surface area contributed by atoms with E-state index in [1.807, 2.05) is 31.2 Å². The molecular formula is C27H32ClN3O3. The van der Waals surface area contributed by atoms with Crippen molar-refractivity contribution in [3.8, 4) is 0 Å². The van der Waals surface area contributed by atoms with Gasteiger partial charge in [0.25, 0.3) is 5.91 Å². The fourth-order valence-corrected chi connectivity index (χ4v) is 5.14. The van der Waals surface area contributed by atoms with Gasteiger partial charge in [-0.05, 0) is 63.9 Å². The molecule has 1 amide bonds. The molecular weight excluding hydrogens is 450 g/mol. The molecule has 0 spiro atoms. The first-order valence-electron chi connectivity index (χ1n) is 12.0. The van der Waals surface area contributed by atoms with E-state index in [1.54, 1.807) is 5.01 Å². The zero-order valence-electron chi connectivity index (χ0n) is 20.1. The molecule has 0 saturated carbocycles. The number of benzene rings is 2. The first kappa shape index (κ1) is 24.4. The van der Waals surface area contributed by atoms with E-state index in [-0.39, 0.29) is 30.4 Å². The zero-order valence-corrected chi connectivity index (χ0v) is 20.8. The summed E-state index contributed by atoms with van der Waals surface area (Å²) in [5.41, 5.74) is 5.21. The summed E-state index contributed by atoms with van der Waals surface area (Å²) in [6, 6.07) is 13.7. The van der Waals surface area contributed by atoms with Crippen molar-refractivity contribution < 1.29 is 14.3 Å². The maximum absolute atomic E-state index is 13.5. The smallest absolute Gasteiger partial charge is 0.309 e. The molecule has 1 atom stereocenters. The van der Waals surface area contributed by atoms with E-state index in [0.717, 1.165) is 22.4 Å². The molecule has 2 heterocycles. The summed E-state index contributed by atoms with van der Waals surface area (Å²) in [7, 11) is 0. The lowest BCUT2D eigenvalue weighted by Crippen LogP contribution is -2.43. The van der Waals surface area contributed by atoms with Crippen LogP contribution < -0.4 is 0 Å². The number of piperidine rings is 1. The van der Waals surface area contributed by atoms with Crippen molar-refractivity contribution >= 4 is 29.2 Å². The number of carbonyl (C=O) groups is 2. The van der Waals surface area contributed by atoms with Gasteiger partial charge < -0.3 is 4.74 Å². The molecule has 7 heteroatoms. The number of hydrogen-bond donors (Lipinski definition) is 0. The maximum atomic E-state index is 13.5. The van der Waals surface area contributed by atoms with E-state index >= 15 is 0 Å². The predicted molar refractivity (Wildman–Crippen MR) is 134 cm³/mol. The Morgan fingerprint density at radius 1 is 1.12 bits per heavy atom. The minimum atomic E-state index is -0.242. The van der Waals surface area contributed by atoms with Gasteiger partial charge in [0, 0.05) is 17.0 Å². The average Bonchev–Trinajstić information content (AvgIpc) is 3.25. The summed E-state index contributed by atoms with van der Waals surface area (Å²) >= 11 is 6.54. The van der Waals surface area contributed by atoms with Crippen LogP contribution in [0.4, 0.5) is 0 Å². The lowest BCUT2D eigenvalue weighted by atomic mass is 9.95. The topological polar surface area (TPSA) is 62.2 Å². The lowest BCUT2D eigenvalue weighted by Gasteiger charge is -2.32. The van der Waals surface area contributed by atoms with Crippen molar-refractivity contribution in [2.24, 2.45) is 11.0 Å². The van der Waals surface area contributed by atoms with Gasteiger partial charge in [0.2, 0.25) is 0 Å². The highest BCUT2D eigenvalue weighted by Gasteiger charge is 2.36. The molecule has 0 aliphatic carbocycles. The third-order valence-electron chi connectivity index (χ3n) is 6.69. The van der Waals surface area contributed by atoms with Crippen LogP contribution in [-0.2, 0) is 14.3 Å². The van der Waals surface area contributed by atoms with Crippen molar-refractivity contribution in [1.82, 2.24) is 9.91 Å². The van der Waals surface area contributed by atoms with Crippen LogP contribution in [0.3, 0.4) is 0 Å². The highest BCUT2D eigenvalue weighted by Crippen LogP contribution is 2.37. The van der Waals surface area contributed by atoms with Crippen LogP contribution in [0.25, 0.3) is 0 Å². The molecule has 6 nitrogen and oxygen atoms in total. The van der Waals surface area contributed by atoms with Crippen LogP contribution in [0.15, 0.2) is 47.6 Å². The average molecular weight is 482 g/mol. The molecule has 34 heavy (non-hydrogen) atoms. The number of aryl methyl sites for hydroxylation is 2. The zero-order chi connectivity index (χ0) is 24.2. The molecule has 0 aromatic heterocycles. The molecule has 2 aromatic carbocycles. The standard InChI is InChI=1S/C27H32ClN3O3/c1-4-34-27(33)20-11-13-30(14-12-20)17-26(32)31-25(22-7-5-6-8-23(22)28)16-24(29-31)21-10-9-18(2)15-19(21)3/h5-10,15,20,25H,4,11-14,16-17H2,1-3H3/t25-/m0/s1. The van der Waals surface area contributed by atoms with Crippen molar-refractivity contribution in [2.45, 2.75) is 46.1 Å². The third kappa shape index (κ3) is 5.34. The van der Waals surface area contributed by atoms with Crippen LogP contribution in [0.5, 0.6) is 0 Å². The Labute approximate surface area is 206 Å². The summed E-state index contributed by atoms with van der Waals surface area (Å²) in [6.45, 7) is 8.01. The van der Waals surface area contributed by atoms with Gasteiger partial charge in [-0.1, -0.05) is 53.6 Å². The van der Waals surface area contributed by atoms with Crippen LogP contribution in [-0.4, -0.2) is 53.7 Å². The van der Waals surface area contributed by atoms with E-state index in [0.29, 0.717) is 44.0 Å². The van der Waals surface area contributed by atoms with Gasteiger partial charge >= 0.3 is 5.97 Å². The SMILES string of the molecule is CCOC(=O)C1CCN(CC(=O)N2N=C(c3ccc(C)cc3C)C[C@H]2c2ccccc2Cl)CC1. The number of carbonyl (C=O) groups excluding carboxylic acids is 2. The highest BCUT2D eigenvalue weighted by molar-refractivity contribution is 6.31. The van der Waals surface area contributed by atoms with Gasteiger partial charge in [-0.25, -0.2) is 5.01 Å². The molecule has 1 saturated heterocycles. The monoisotopic (exact) mass is 481 g/mol. The summed E-state index contributed by atoms with van der Waals surface area (Å²) in [6.07, 6.45) is 2.03. The molecule has 2 aromatic rings. The summed E-state index contributed by atoms with van der Waals surface area (Å²) < 4.78 is 5.16. The van der Waals surface area contributed by atoms with E-state index in [2.05, 4.69) is 36.9 Å². The number of nitrogens with zero attached hydrogens (tertiary/aromatic N) is 3. The third-order valence-corrected chi connectivity index (χ3v) is 7.03. The quantitative estimate of drug-likeness (QED) is 0.550. The number of likely N-dealkylation sites (tertiary alicyclic amines) is 1. The Morgan fingerprint density at radius 2 is 1.85 bits per heavy atom. The predicted octanol–water partition coefficient (Wildman–Crippen LogP) is 4.91. The van der Waals surface area contributed by atoms with E-state index in [4.69, 9.17) is 21.4 Å². The lowest BCUT2D eigenvalue weighted by molar-refractivity contribution is -0.149. The maximum Gasteiger partial charge on any atom is 0.309 e. The molecule has 2 aliphatic heterocycles. The van der Waals surface area contributed by atoms with Gasteiger partial charge in [-0.3, -0.25) is 14.5 Å². The number of hydrogen-bond acceptors (Lipinski definition) is 5. The minimum Gasteiger partial charge on any atom is -0.466 e. The molecule has 0 N–H and O–H groups in total. The first-order chi connectivity index (χ1) is 16.4. The molecule has 0 radical (unpaired) electrons. The second-order valence-electron chi connectivity index (χ2n) is 9.15. The number of esters is 1. The highest BCUT2D eigenvalue weighted by atomic mass is 35.5. The summed E-state index contributed by atoms with van der Waals surface area (Å²) in [4.78, 5) is 27.6. The number of halogens is 1. The molecule has 2 aliphatic rings. The summed E-state index contributed by atoms with van der Waals surface area (Å²) in [5.74, 6) is -0.267. The van der Waals surface area contributed by atoms with Gasteiger partial charge in [-0.2, -0.15) is 5.10 Å². The number of amides is 1. The summed E-state index contributed by atoms with van der Waals surface area (Å²) in [5, 5.41) is 7.08. The molecule has 1 fully saturated rings. The normalized spacial score (nSPS) is 19.2. The molecule has 0 bridgehead atoms. The fraction of sp³-hybridized carbons (Fsp3) is 0.444. The Bertz CT molecular complexity index is 1090. The number of hydrazone groups is 1. The van der Waals surface area contributed by atoms with Crippen molar-refractivity contribution in [3.63, 3.8) is 0 Å². The van der Waals surface area contributed by atoms with Crippen LogP contribution in [0, 0.1) is 19.8 Å². The van der Waals surface area contributed by atoms with Gasteiger partial charge in [-0.15, -0.1) is 0 Å². The van der Waals surface area contributed by atoms with Crippen molar-refractivity contribution in [2.75, 3.05) is 26.2 Å². The molecule has 0 unspecified atom stereocenters. The van der Waals surface area contributed by atoms with Gasteiger partial charge in [0.1, 0.15) is 0 Å². The number of rotatable bonds is 6.